The van der Waals surface area contributed by atoms with Gasteiger partial charge in [0.15, 0.2) is 0 Å². The van der Waals surface area contributed by atoms with Gasteiger partial charge in [-0.15, -0.1) is 0 Å². The number of likely N-dealkylation sites (N-methyl/N-ethyl adjacent to an activating group) is 1. The zero-order valence-electron chi connectivity index (χ0n) is 56.1. The lowest BCUT2D eigenvalue weighted by molar-refractivity contribution is -0.870. The van der Waals surface area contributed by atoms with Gasteiger partial charge in [-0.25, -0.2) is 4.57 Å². The topological polar surface area (TPSA) is 111 Å². The Bertz CT molecular complexity index is 1670. The molecule has 3 unspecified atom stereocenters. The number of rotatable bonds is 65. The van der Waals surface area contributed by atoms with E-state index < -0.39 is 20.0 Å². The molecule has 0 aromatic carbocycles. The lowest BCUT2D eigenvalue weighted by Gasteiger charge is -2.27. The second-order valence-electron chi connectivity index (χ2n) is 25.4. The van der Waals surface area contributed by atoms with Crippen molar-refractivity contribution in [1.82, 2.24) is 5.32 Å². The van der Waals surface area contributed by atoms with Gasteiger partial charge in [0, 0.05) is 12.8 Å². The highest BCUT2D eigenvalue weighted by atomic mass is 31.2. The Hall–Kier alpha value is -2.55. The molecule has 0 aliphatic heterocycles. The third-order valence-corrected chi connectivity index (χ3v) is 16.9. The van der Waals surface area contributed by atoms with Crippen molar-refractivity contribution in [2.45, 2.75) is 348 Å². The van der Waals surface area contributed by atoms with Crippen LogP contribution in [0.5, 0.6) is 0 Å². The number of phosphoric ester groups is 1. The molecular formula is C74H138N2O7P+. The van der Waals surface area contributed by atoms with Crippen molar-refractivity contribution in [3.63, 3.8) is 0 Å². The molecule has 0 bridgehead atoms. The van der Waals surface area contributed by atoms with E-state index in [1.807, 2.05) is 33.3 Å². The van der Waals surface area contributed by atoms with Crippen LogP contribution in [0.2, 0.25) is 0 Å². The minimum Gasteiger partial charge on any atom is -0.456 e. The van der Waals surface area contributed by atoms with Crippen molar-refractivity contribution in [2.24, 2.45) is 0 Å². The Morgan fingerprint density at radius 3 is 1.11 bits per heavy atom. The summed E-state index contributed by atoms with van der Waals surface area (Å²) in [5, 5.41) is 3.07. The number of nitrogens with zero attached hydrogens (tertiary/aromatic N) is 1. The summed E-state index contributed by atoms with van der Waals surface area (Å²) < 4.78 is 30.8. The average Bonchev–Trinajstić information content (AvgIpc) is 3.65. The quantitative estimate of drug-likeness (QED) is 0.0205. The van der Waals surface area contributed by atoms with E-state index in [1.165, 1.54) is 225 Å². The predicted octanol–water partition coefficient (Wildman–Crippen LogP) is 22.7. The Morgan fingerprint density at radius 2 is 0.726 bits per heavy atom. The first-order valence-electron chi connectivity index (χ1n) is 35.8. The Kier molecular flexibility index (Phi) is 61.5. The maximum atomic E-state index is 13.6. The van der Waals surface area contributed by atoms with Gasteiger partial charge in [0.1, 0.15) is 19.3 Å². The fourth-order valence-electron chi connectivity index (χ4n) is 10.3. The van der Waals surface area contributed by atoms with Gasteiger partial charge in [-0.05, 0) is 102 Å². The van der Waals surface area contributed by atoms with Gasteiger partial charge in [-0.3, -0.25) is 18.6 Å². The smallest absolute Gasteiger partial charge is 0.456 e. The summed E-state index contributed by atoms with van der Waals surface area (Å²) in [7, 11) is 1.50. The van der Waals surface area contributed by atoms with Crippen molar-refractivity contribution >= 4 is 19.7 Å². The zero-order valence-corrected chi connectivity index (χ0v) is 57.0. The molecule has 10 heteroatoms. The first kappa shape index (κ1) is 81.5. The van der Waals surface area contributed by atoms with E-state index in [0.29, 0.717) is 17.4 Å². The van der Waals surface area contributed by atoms with E-state index in [-0.39, 0.29) is 31.5 Å². The number of nitrogens with one attached hydrogen (secondary N) is 1. The molecule has 0 spiro atoms. The van der Waals surface area contributed by atoms with Crippen LogP contribution >= 0.6 is 7.82 Å². The number of ether oxygens (including phenoxy) is 1. The summed E-state index contributed by atoms with van der Waals surface area (Å²) in [5.74, 6) is -0.501. The van der Waals surface area contributed by atoms with E-state index in [4.69, 9.17) is 13.8 Å². The molecule has 84 heavy (non-hydrogen) atoms. The van der Waals surface area contributed by atoms with Gasteiger partial charge in [-0.2, -0.15) is 0 Å². The molecule has 1 amide bonds. The predicted molar refractivity (Wildman–Crippen MR) is 365 cm³/mol. The van der Waals surface area contributed by atoms with Crippen molar-refractivity contribution in [2.75, 3.05) is 40.9 Å². The second-order valence-corrected chi connectivity index (χ2v) is 26.9. The highest BCUT2D eigenvalue weighted by molar-refractivity contribution is 7.47. The molecule has 0 heterocycles. The first-order chi connectivity index (χ1) is 40.9. The lowest BCUT2D eigenvalue weighted by Crippen LogP contribution is -2.47. The molecule has 3 atom stereocenters. The highest BCUT2D eigenvalue weighted by Gasteiger charge is 2.30. The number of amides is 1. The summed E-state index contributed by atoms with van der Waals surface area (Å²) in [4.78, 5) is 37.9. The average molecular weight is 1200 g/mol. The van der Waals surface area contributed by atoms with Gasteiger partial charge in [0.25, 0.3) is 0 Å². The molecule has 0 aromatic rings. The molecule has 0 aliphatic rings. The van der Waals surface area contributed by atoms with Crippen LogP contribution in [0.15, 0.2) is 72.9 Å². The third kappa shape index (κ3) is 63.9. The molecule has 9 nitrogen and oxygen atoms in total. The van der Waals surface area contributed by atoms with Crippen LogP contribution in [-0.2, 0) is 27.9 Å². The lowest BCUT2D eigenvalue weighted by atomic mass is 10.0. The number of hydrogen-bond donors (Lipinski definition) is 2. The summed E-state index contributed by atoms with van der Waals surface area (Å²) in [5.41, 5.74) is 0. The SMILES string of the molecule is CCCCC/C=C\C/C=C\C/C=C\CCCCCCCCCCCCCCCCC(=O)OC(/C=C\CCCCCCCCCCCC)C(COP(=O)(O)OCC[N+](C)(C)C)NC(=O)CCCCCCCCCCC/C=C\C/C=C\CCCCC. The summed E-state index contributed by atoms with van der Waals surface area (Å²) in [6.07, 6.45) is 83.4. The number of allylic oxidation sites excluding steroid dienone is 11. The van der Waals surface area contributed by atoms with E-state index in [1.54, 1.807) is 0 Å². The maximum absolute atomic E-state index is 13.6. The van der Waals surface area contributed by atoms with E-state index in [0.717, 1.165) is 77.0 Å². The van der Waals surface area contributed by atoms with Gasteiger partial charge < -0.3 is 19.4 Å². The normalized spacial score (nSPS) is 13.9. The number of hydrogen-bond acceptors (Lipinski definition) is 6. The van der Waals surface area contributed by atoms with Crippen molar-refractivity contribution in [3.8, 4) is 0 Å². The molecule has 0 aromatic heterocycles. The fraction of sp³-hybridized carbons (Fsp3) is 0.811. The summed E-state index contributed by atoms with van der Waals surface area (Å²) >= 11 is 0. The highest BCUT2D eigenvalue weighted by Crippen LogP contribution is 2.43. The number of esters is 1. The molecule has 2 N–H and O–H groups in total. The van der Waals surface area contributed by atoms with E-state index >= 15 is 0 Å². The Labute approximate surface area is 521 Å². The fourth-order valence-corrected chi connectivity index (χ4v) is 11.1. The number of phosphoric acid groups is 1. The van der Waals surface area contributed by atoms with Gasteiger partial charge in [-0.1, -0.05) is 293 Å². The zero-order chi connectivity index (χ0) is 61.4. The van der Waals surface area contributed by atoms with Crippen LogP contribution < -0.4 is 5.32 Å². The second kappa shape index (κ2) is 63.5. The number of carbonyl (C=O) groups excluding carboxylic acids is 2. The standard InChI is InChI=1S/C74H137N2O7P/c1-7-10-13-16-19-22-25-28-30-32-34-35-36-37-38-39-40-41-43-45-47-49-52-55-58-61-64-67-74(78)83-72(65-62-59-56-53-50-27-24-21-18-15-12-9-3)71(70-82-84(79,80)81-69-68-76(4,5)6)75-73(77)66-63-60-57-54-51-48-46-44-42-33-31-29-26-23-20-17-14-11-8-2/h19-20,22-23,28-31,34-35,62,65,71-72H,7-18,21,24-27,32-33,36-61,63-64,66-70H2,1-6H3,(H-,75,77,79,80)/p+1/b22-19-,23-20-,30-28-,31-29-,35-34-,65-62-. The molecule has 0 radical (unpaired) electrons. The summed E-state index contributed by atoms with van der Waals surface area (Å²) in [6.45, 7) is 6.99. The monoisotopic (exact) mass is 1200 g/mol. The molecular weight excluding hydrogens is 1060 g/mol. The van der Waals surface area contributed by atoms with Gasteiger partial charge >= 0.3 is 13.8 Å². The minimum absolute atomic E-state index is 0.0384. The largest absolute Gasteiger partial charge is 0.472 e. The van der Waals surface area contributed by atoms with Gasteiger partial charge in [0.05, 0.1) is 33.8 Å². The van der Waals surface area contributed by atoms with Crippen LogP contribution in [-0.4, -0.2) is 74.3 Å². The Balaban J connectivity index is 5.03. The van der Waals surface area contributed by atoms with Crippen LogP contribution in [0, 0.1) is 0 Å². The Morgan fingerprint density at radius 1 is 0.417 bits per heavy atom. The maximum Gasteiger partial charge on any atom is 0.472 e. The molecule has 0 saturated heterocycles. The summed E-state index contributed by atoms with van der Waals surface area (Å²) in [6, 6.07) is -0.853. The number of quaternary nitrogens is 1. The van der Waals surface area contributed by atoms with Crippen molar-refractivity contribution in [3.05, 3.63) is 72.9 Å². The molecule has 0 rings (SSSR count). The van der Waals surface area contributed by atoms with Crippen molar-refractivity contribution < 1.29 is 37.3 Å². The van der Waals surface area contributed by atoms with E-state index in [2.05, 4.69) is 86.8 Å². The number of unbranched alkanes of at least 4 members (excludes halogenated alkanes) is 39. The minimum atomic E-state index is -4.46. The molecule has 490 valence electrons. The van der Waals surface area contributed by atoms with Crippen molar-refractivity contribution in [1.29, 1.82) is 0 Å². The van der Waals surface area contributed by atoms with Crippen LogP contribution in [0.1, 0.15) is 335 Å². The first-order valence-corrected chi connectivity index (χ1v) is 37.3. The van der Waals surface area contributed by atoms with Crippen LogP contribution in [0.4, 0.5) is 0 Å². The molecule has 0 aliphatic carbocycles. The molecule has 0 fully saturated rings. The van der Waals surface area contributed by atoms with Crippen LogP contribution in [0.3, 0.4) is 0 Å². The van der Waals surface area contributed by atoms with E-state index in [9.17, 15) is 19.0 Å². The number of carbonyl (C=O) groups is 2. The van der Waals surface area contributed by atoms with Gasteiger partial charge in [0.2, 0.25) is 5.91 Å². The van der Waals surface area contributed by atoms with Crippen LogP contribution in [0.25, 0.3) is 0 Å². The molecule has 0 saturated carbocycles. The third-order valence-electron chi connectivity index (χ3n) is 15.9.